The van der Waals surface area contributed by atoms with Crippen molar-refractivity contribution in [2.45, 2.75) is 33.5 Å². The van der Waals surface area contributed by atoms with Crippen LogP contribution in [0.5, 0.6) is 0 Å². The quantitative estimate of drug-likeness (QED) is 0.306. The monoisotopic (exact) mass is 356 g/mol. The van der Waals surface area contributed by atoms with Crippen LogP contribution >= 0.6 is 0 Å². The van der Waals surface area contributed by atoms with E-state index in [0.717, 1.165) is 37.3 Å². The topological polar surface area (TPSA) is 152 Å². The fourth-order valence-corrected chi connectivity index (χ4v) is 2.56. The van der Waals surface area contributed by atoms with Crippen LogP contribution in [-0.4, -0.2) is 49.2 Å². The molecule has 8 nitrogen and oxygen atoms in total. The van der Waals surface area contributed by atoms with Gasteiger partial charge in [-0.3, -0.25) is 0 Å². The van der Waals surface area contributed by atoms with Crippen molar-refractivity contribution in [1.82, 2.24) is 0 Å². The van der Waals surface area contributed by atoms with Crippen molar-refractivity contribution in [3.05, 3.63) is 36.5 Å². The molecule has 0 aliphatic carbocycles. The highest BCUT2D eigenvalue weighted by molar-refractivity contribution is 5.81. The second-order valence-corrected chi connectivity index (χ2v) is 6.41. The Morgan fingerprint density at radius 3 is 1.44 bits per heavy atom. The normalized spacial score (nSPS) is 17.0. The molecular weight excluding hydrogens is 332 g/mol. The summed E-state index contributed by atoms with van der Waals surface area (Å²) in [6.45, 7) is 5.43. The number of hydrogen-bond donors (Lipinski definition) is 5. The first-order chi connectivity index (χ1) is 11.2. The smallest absolute Gasteiger partial charge is 0.328 e. The summed E-state index contributed by atoms with van der Waals surface area (Å²) in [6, 6.07) is 0. The van der Waals surface area contributed by atoms with Crippen LogP contribution in [0.15, 0.2) is 36.5 Å². The number of carbonyl (C=O) groups is 3. The minimum Gasteiger partial charge on any atom is -0.478 e. The van der Waals surface area contributed by atoms with Crippen LogP contribution in [0, 0.1) is 16.7 Å². The molecule has 1 unspecified atom stereocenters. The van der Waals surface area contributed by atoms with Crippen molar-refractivity contribution < 1.29 is 39.9 Å². The average molecular weight is 356 g/mol. The maximum Gasteiger partial charge on any atom is 0.328 e. The highest BCUT2D eigenvalue weighted by Crippen LogP contribution is 2.53. The Hall–Kier alpha value is -2.45. The maximum atomic E-state index is 11.0. The molecule has 0 aliphatic heterocycles. The van der Waals surface area contributed by atoms with Gasteiger partial charge < -0.3 is 25.5 Å². The molecule has 0 fully saturated rings. The van der Waals surface area contributed by atoms with Crippen molar-refractivity contribution in [3.63, 3.8) is 0 Å². The third-order valence-corrected chi connectivity index (χ3v) is 4.55. The van der Waals surface area contributed by atoms with Crippen molar-refractivity contribution in [2.24, 2.45) is 16.7 Å². The van der Waals surface area contributed by atoms with Gasteiger partial charge >= 0.3 is 17.9 Å². The van der Waals surface area contributed by atoms with Crippen molar-refractivity contribution >= 4 is 17.9 Å². The number of hydrogen-bond acceptors (Lipinski definition) is 5. The van der Waals surface area contributed by atoms with E-state index in [1.54, 1.807) is 0 Å². The van der Waals surface area contributed by atoms with Crippen LogP contribution in [0.2, 0.25) is 0 Å². The summed E-state index contributed by atoms with van der Waals surface area (Å²) >= 11 is 0. The van der Waals surface area contributed by atoms with Crippen LogP contribution < -0.4 is 0 Å². The third-order valence-electron chi connectivity index (χ3n) is 4.55. The van der Waals surface area contributed by atoms with Gasteiger partial charge in [0.2, 0.25) is 0 Å². The fraction of sp³-hybridized carbons (Fsp3) is 0.471. The van der Waals surface area contributed by atoms with Gasteiger partial charge in [0.1, 0.15) is 0 Å². The van der Waals surface area contributed by atoms with E-state index in [9.17, 15) is 24.6 Å². The Balaban J connectivity index is 6.68. The van der Waals surface area contributed by atoms with E-state index in [1.165, 1.54) is 26.8 Å². The first-order valence-electron chi connectivity index (χ1n) is 7.37. The number of rotatable bonds is 9. The van der Waals surface area contributed by atoms with Crippen LogP contribution in [0.4, 0.5) is 0 Å². The SMILES string of the molecule is CC(C=CC(=O)O)C(C=CC(=O)O)(C=CC(=O)O)C(C)(C)C(C)(O)O. The molecule has 0 amide bonds. The Labute approximate surface area is 145 Å². The minimum absolute atomic E-state index is 0.755. The molecule has 0 aromatic carbocycles. The molecule has 0 rings (SSSR count). The molecule has 0 saturated heterocycles. The van der Waals surface area contributed by atoms with Crippen LogP contribution in [0.3, 0.4) is 0 Å². The molecule has 0 bridgehead atoms. The second kappa shape index (κ2) is 8.09. The summed E-state index contributed by atoms with van der Waals surface area (Å²) in [5.74, 6) is -7.03. The van der Waals surface area contributed by atoms with Crippen LogP contribution in [0.25, 0.3) is 0 Å². The molecule has 0 aromatic rings. The lowest BCUT2D eigenvalue weighted by atomic mass is 9.55. The first kappa shape index (κ1) is 22.6. The minimum atomic E-state index is -2.34. The number of aliphatic hydroxyl groups is 2. The molecular formula is C17H24O8. The first-order valence-corrected chi connectivity index (χ1v) is 7.37. The number of aliphatic carboxylic acids is 3. The number of carboxylic acid groups (broad SMARTS) is 3. The molecule has 140 valence electrons. The van der Waals surface area contributed by atoms with Crippen LogP contribution in [-0.2, 0) is 14.4 Å². The fourth-order valence-electron chi connectivity index (χ4n) is 2.56. The number of allylic oxidation sites excluding steroid dienone is 3. The molecule has 5 N–H and O–H groups in total. The van der Waals surface area contributed by atoms with Gasteiger partial charge in [-0.05, 0) is 12.8 Å². The van der Waals surface area contributed by atoms with Crippen molar-refractivity contribution in [1.29, 1.82) is 0 Å². The standard InChI is InChI=1S/C17H24O8/c1-11(5-6-12(18)19)17(9-7-13(20)21,10-8-14(22)23)15(2,3)16(4,24)25/h5-11,24-25H,1-4H3,(H,18,19)(H,20,21)(H,22,23). The predicted octanol–water partition coefficient (Wildman–Crippen LogP) is 1.26. The summed E-state index contributed by atoms with van der Waals surface area (Å²) in [5.41, 5.74) is -3.03. The lowest BCUT2D eigenvalue weighted by molar-refractivity contribution is -0.245. The van der Waals surface area contributed by atoms with Gasteiger partial charge in [-0.15, -0.1) is 0 Å². The van der Waals surface area contributed by atoms with E-state index in [-0.39, 0.29) is 0 Å². The zero-order valence-corrected chi connectivity index (χ0v) is 14.5. The second-order valence-electron chi connectivity index (χ2n) is 6.41. The molecule has 8 heteroatoms. The van der Waals surface area contributed by atoms with E-state index in [2.05, 4.69) is 0 Å². The highest BCUT2D eigenvalue weighted by atomic mass is 16.5. The summed E-state index contributed by atoms with van der Waals surface area (Å²) in [4.78, 5) is 32.8. The lowest BCUT2D eigenvalue weighted by Crippen LogP contribution is -2.54. The van der Waals surface area contributed by atoms with Crippen molar-refractivity contribution in [2.75, 3.05) is 0 Å². The Morgan fingerprint density at radius 1 is 0.800 bits per heavy atom. The Morgan fingerprint density at radius 2 is 1.16 bits per heavy atom. The zero-order chi connectivity index (χ0) is 20.1. The zero-order valence-electron chi connectivity index (χ0n) is 14.5. The molecule has 1 atom stereocenters. The van der Waals surface area contributed by atoms with Crippen LogP contribution in [0.1, 0.15) is 27.7 Å². The molecule has 0 aromatic heterocycles. The van der Waals surface area contributed by atoms with Crippen molar-refractivity contribution in [3.8, 4) is 0 Å². The molecule has 0 heterocycles. The van der Waals surface area contributed by atoms with Gasteiger partial charge in [0.15, 0.2) is 5.79 Å². The molecule has 0 spiro atoms. The van der Waals surface area contributed by atoms with E-state index in [0.29, 0.717) is 0 Å². The van der Waals surface area contributed by atoms with Gasteiger partial charge in [0, 0.05) is 29.1 Å². The summed E-state index contributed by atoms with van der Waals surface area (Å²) in [5, 5.41) is 47.1. The average Bonchev–Trinajstić information content (AvgIpc) is 2.43. The van der Waals surface area contributed by atoms with E-state index in [1.807, 2.05) is 0 Å². The van der Waals surface area contributed by atoms with Gasteiger partial charge in [0.25, 0.3) is 0 Å². The maximum absolute atomic E-state index is 11.0. The summed E-state index contributed by atoms with van der Waals surface area (Å²) < 4.78 is 0. The highest BCUT2D eigenvalue weighted by Gasteiger charge is 2.54. The Bertz CT molecular complexity index is 581. The molecule has 0 radical (unpaired) electrons. The molecule has 25 heavy (non-hydrogen) atoms. The lowest BCUT2D eigenvalue weighted by Gasteiger charge is -2.51. The van der Waals surface area contributed by atoms with Gasteiger partial charge in [0.05, 0.1) is 0 Å². The van der Waals surface area contributed by atoms with E-state index in [4.69, 9.17) is 15.3 Å². The van der Waals surface area contributed by atoms with Gasteiger partial charge in [-0.25, -0.2) is 14.4 Å². The van der Waals surface area contributed by atoms with Gasteiger partial charge in [-0.2, -0.15) is 0 Å². The van der Waals surface area contributed by atoms with E-state index >= 15 is 0 Å². The number of carboxylic acids is 3. The largest absolute Gasteiger partial charge is 0.478 e. The predicted molar refractivity (Wildman–Crippen MR) is 88.5 cm³/mol. The third kappa shape index (κ3) is 5.54. The molecule has 0 saturated carbocycles. The molecule has 0 aliphatic rings. The van der Waals surface area contributed by atoms with Gasteiger partial charge in [-0.1, -0.05) is 39.0 Å². The summed E-state index contributed by atoms with van der Waals surface area (Å²) in [6.07, 6.45) is 5.83. The van der Waals surface area contributed by atoms with E-state index < -0.39 is 40.4 Å². The Kier molecular flexibility index (Phi) is 7.29. The summed E-state index contributed by atoms with van der Waals surface area (Å²) in [7, 11) is 0.